The van der Waals surface area contributed by atoms with Gasteiger partial charge in [0, 0.05) is 6.20 Å². The van der Waals surface area contributed by atoms with Crippen molar-refractivity contribution < 1.29 is 28.2 Å². The Morgan fingerprint density at radius 1 is 1.50 bits per heavy atom. The lowest BCUT2D eigenvalue weighted by Gasteiger charge is -2.31. The van der Waals surface area contributed by atoms with Crippen LogP contribution in [0.2, 0.25) is 0 Å². The molecule has 0 saturated carbocycles. The Morgan fingerprint density at radius 2 is 2.17 bits per heavy atom. The van der Waals surface area contributed by atoms with E-state index in [2.05, 4.69) is 4.98 Å². The van der Waals surface area contributed by atoms with Crippen LogP contribution in [0.4, 0.5) is 5.82 Å². The molecule has 1 aromatic rings. The highest BCUT2D eigenvalue weighted by atomic mass is 31.2. The molecule has 2 atom stereocenters. The molecule has 1 aliphatic heterocycles. The van der Waals surface area contributed by atoms with Crippen LogP contribution >= 0.6 is 7.60 Å². The van der Waals surface area contributed by atoms with E-state index in [-0.39, 0.29) is 32.1 Å². The lowest BCUT2D eigenvalue weighted by Crippen LogP contribution is -2.44. The summed E-state index contributed by atoms with van der Waals surface area (Å²) >= 11 is 0. The Labute approximate surface area is 139 Å². The molecule has 0 amide bonds. The Hall–Kier alpha value is -1.29. The van der Waals surface area contributed by atoms with Crippen LogP contribution in [0, 0.1) is 0 Å². The highest BCUT2D eigenvalue weighted by Crippen LogP contribution is 2.50. The molecule has 3 N–H and O–H groups in total. The number of nitrogen functional groups attached to an aromatic ring is 1. The monoisotopic (exact) mass is 363 g/mol. The molecule has 11 heteroatoms. The molecular formula is C13H22N3O7P. The number of rotatable bonds is 8. The highest BCUT2D eigenvalue weighted by Gasteiger charge is 2.46. The fourth-order valence-corrected chi connectivity index (χ4v) is 3.71. The third-order valence-electron chi connectivity index (χ3n) is 3.29. The van der Waals surface area contributed by atoms with Gasteiger partial charge in [-0.2, -0.15) is 4.98 Å². The minimum absolute atomic E-state index is 0.0410. The van der Waals surface area contributed by atoms with Crippen molar-refractivity contribution in [2.75, 3.05) is 31.9 Å². The number of aliphatic hydroxyl groups is 1. The lowest BCUT2D eigenvalue weighted by molar-refractivity contribution is -0.263. The highest BCUT2D eigenvalue weighted by molar-refractivity contribution is 7.53. The number of aromatic nitrogens is 2. The summed E-state index contributed by atoms with van der Waals surface area (Å²) in [4.78, 5) is 15.7. The van der Waals surface area contributed by atoms with Crippen LogP contribution in [0.1, 0.15) is 20.3 Å². The van der Waals surface area contributed by atoms with Crippen molar-refractivity contribution in [3.63, 3.8) is 0 Å². The molecule has 0 unspecified atom stereocenters. The van der Waals surface area contributed by atoms with Gasteiger partial charge in [0.2, 0.25) is 0 Å². The fraction of sp³-hybridized carbons (Fsp3) is 0.692. The number of hydrogen-bond acceptors (Lipinski definition) is 9. The second kappa shape index (κ2) is 7.73. The zero-order valence-corrected chi connectivity index (χ0v) is 14.5. The number of ether oxygens (including phenoxy) is 2. The molecule has 10 nitrogen and oxygen atoms in total. The molecule has 1 aromatic heterocycles. The van der Waals surface area contributed by atoms with Crippen LogP contribution in [0.3, 0.4) is 0 Å². The number of aliphatic hydroxyl groups excluding tert-OH is 1. The van der Waals surface area contributed by atoms with Crippen LogP contribution < -0.4 is 11.4 Å². The Kier molecular flexibility index (Phi) is 6.13. The molecule has 24 heavy (non-hydrogen) atoms. The molecule has 0 aromatic carbocycles. The summed E-state index contributed by atoms with van der Waals surface area (Å²) in [7, 11) is -3.52. The van der Waals surface area contributed by atoms with Gasteiger partial charge in [-0.15, -0.1) is 0 Å². The summed E-state index contributed by atoms with van der Waals surface area (Å²) in [5, 5.41) is 9.81. The molecule has 1 fully saturated rings. The molecule has 0 aliphatic carbocycles. The van der Waals surface area contributed by atoms with Gasteiger partial charge in [-0.05, 0) is 19.9 Å². The van der Waals surface area contributed by atoms with Crippen molar-refractivity contribution in [1.29, 1.82) is 0 Å². The number of hydrogen-bond donors (Lipinski definition) is 2. The van der Waals surface area contributed by atoms with Crippen LogP contribution in [0.15, 0.2) is 17.1 Å². The third-order valence-corrected chi connectivity index (χ3v) is 5.04. The van der Waals surface area contributed by atoms with Gasteiger partial charge < -0.3 is 29.4 Å². The first-order chi connectivity index (χ1) is 11.3. The first kappa shape index (κ1) is 19.0. The average Bonchev–Trinajstić information content (AvgIpc) is 2.88. The van der Waals surface area contributed by atoms with Crippen LogP contribution in [-0.4, -0.2) is 46.9 Å². The largest absolute Gasteiger partial charge is 0.390 e. The molecule has 1 aliphatic rings. The van der Waals surface area contributed by atoms with Crippen molar-refractivity contribution in [2.24, 2.45) is 0 Å². The average molecular weight is 363 g/mol. The molecule has 2 rings (SSSR count). The molecule has 0 radical (unpaired) electrons. The van der Waals surface area contributed by atoms with E-state index in [4.69, 9.17) is 24.3 Å². The quantitative estimate of drug-likeness (QED) is 0.631. The summed E-state index contributed by atoms with van der Waals surface area (Å²) in [5.41, 5.74) is 4.76. The second-order valence-electron chi connectivity index (χ2n) is 5.11. The van der Waals surface area contributed by atoms with Gasteiger partial charge >= 0.3 is 13.3 Å². The fourth-order valence-electron chi connectivity index (χ4n) is 2.34. The first-order valence-corrected chi connectivity index (χ1v) is 9.26. The van der Waals surface area contributed by atoms with E-state index in [9.17, 15) is 14.5 Å². The first-order valence-electron chi connectivity index (χ1n) is 7.54. The summed E-state index contributed by atoms with van der Waals surface area (Å²) in [5.74, 6) is -1.61. The Balaban J connectivity index is 2.29. The SMILES string of the molecule is CCOP(=O)(CO[C@]1(n2ccc(N)nc2=O)C[C@H](O)CO1)OCC. The van der Waals surface area contributed by atoms with Crippen molar-refractivity contribution in [3.8, 4) is 0 Å². The van der Waals surface area contributed by atoms with Crippen molar-refractivity contribution >= 4 is 13.4 Å². The van der Waals surface area contributed by atoms with Gasteiger partial charge in [0.25, 0.3) is 5.91 Å². The summed E-state index contributed by atoms with van der Waals surface area (Å²) in [6, 6.07) is 1.39. The van der Waals surface area contributed by atoms with Crippen LogP contribution in [0.25, 0.3) is 0 Å². The van der Waals surface area contributed by atoms with Crippen molar-refractivity contribution in [2.45, 2.75) is 32.3 Å². The van der Waals surface area contributed by atoms with Crippen molar-refractivity contribution in [3.05, 3.63) is 22.7 Å². The Bertz CT molecular complexity index is 657. The van der Waals surface area contributed by atoms with Gasteiger partial charge in [-0.3, -0.25) is 4.57 Å². The normalized spacial score (nSPS) is 24.4. The van der Waals surface area contributed by atoms with Crippen molar-refractivity contribution in [1.82, 2.24) is 9.55 Å². The van der Waals surface area contributed by atoms with E-state index in [1.54, 1.807) is 13.8 Å². The molecule has 136 valence electrons. The minimum Gasteiger partial charge on any atom is -0.390 e. The second-order valence-corrected chi connectivity index (χ2v) is 7.10. The van der Waals surface area contributed by atoms with Gasteiger partial charge in [0.1, 0.15) is 5.82 Å². The lowest BCUT2D eigenvalue weighted by atomic mass is 10.2. The zero-order valence-electron chi connectivity index (χ0n) is 13.6. The number of anilines is 1. The minimum atomic E-state index is -3.52. The smallest absolute Gasteiger partial charge is 0.356 e. The van der Waals surface area contributed by atoms with Crippen LogP contribution in [-0.2, 0) is 29.0 Å². The molecule has 1 saturated heterocycles. The summed E-state index contributed by atoms with van der Waals surface area (Å²) in [6.45, 7) is 3.63. The van der Waals surface area contributed by atoms with E-state index in [1.807, 2.05) is 0 Å². The van der Waals surface area contributed by atoms with Gasteiger partial charge in [0.05, 0.1) is 32.3 Å². The third kappa shape index (κ3) is 4.21. The maximum atomic E-state index is 12.6. The molecular weight excluding hydrogens is 341 g/mol. The van der Waals surface area contributed by atoms with Gasteiger partial charge in [-0.1, -0.05) is 0 Å². The van der Waals surface area contributed by atoms with Gasteiger partial charge in [0.15, 0.2) is 6.35 Å². The van der Waals surface area contributed by atoms with E-state index in [0.717, 1.165) is 4.57 Å². The number of nitrogens with zero attached hydrogens (tertiary/aromatic N) is 2. The predicted molar refractivity (Wildman–Crippen MR) is 84.3 cm³/mol. The van der Waals surface area contributed by atoms with Crippen LogP contribution in [0.5, 0.6) is 0 Å². The number of nitrogens with two attached hydrogens (primary N) is 1. The summed E-state index contributed by atoms with van der Waals surface area (Å²) < 4.78 is 35.0. The van der Waals surface area contributed by atoms with E-state index in [0.29, 0.717) is 0 Å². The standard InChI is InChI=1S/C13H22N3O7P/c1-3-22-24(19,23-4-2)9-21-13(7-10(17)8-20-13)16-6-5-11(14)15-12(16)18/h5-6,10,17H,3-4,7-9H2,1-2H3,(H2,14,15,18)/t10-,13-/m0/s1. The molecule has 0 spiro atoms. The summed E-state index contributed by atoms with van der Waals surface area (Å²) in [6.07, 6.45) is -0.00253. The predicted octanol–water partition coefficient (Wildman–Crippen LogP) is 0.457. The Morgan fingerprint density at radius 3 is 2.67 bits per heavy atom. The zero-order chi connectivity index (χ0) is 17.8. The topological polar surface area (TPSA) is 135 Å². The van der Waals surface area contributed by atoms with E-state index >= 15 is 0 Å². The van der Waals surface area contributed by atoms with Gasteiger partial charge in [-0.25, -0.2) is 9.36 Å². The van der Waals surface area contributed by atoms with E-state index in [1.165, 1.54) is 12.3 Å². The molecule has 2 heterocycles. The molecule has 0 bridgehead atoms. The maximum Gasteiger partial charge on any atom is 0.356 e. The maximum absolute atomic E-state index is 12.6. The van der Waals surface area contributed by atoms with E-state index < -0.39 is 31.6 Å².